The zero-order valence-corrected chi connectivity index (χ0v) is 10.4. The van der Waals surface area contributed by atoms with Gasteiger partial charge in [-0.25, -0.2) is 4.98 Å². The molecule has 0 unspecified atom stereocenters. The molecule has 9 heteroatoms. The summed E-state index contributed by atoms with van der Waals surface area (Å²) in [5.74, 6) is -3.57. The molecule has 0 radical (unpaired) electrons. The van der Waals surface area contributed by atoms with Crippen LogP contribution >= 0.6 is 22.9 Å². The summed E-state index contributed by atoms with van der Waals surface area (Å²) in [6, 6.07) is 3.94. The zero-order valence-electron chi connectivity index (χ0n) is 8.81. The molecule has 0 aliphatic heterocycles. The number of fused-ring (bicyclic) bond motifs is 1. The number of alkyl halides is 6. The molecule has 0 amide bonds. The van der Waals surface area contributed by atoms with Crippen LogP contribution < -0.4 is 0 Å². The predicted octanol–water partition coefficient (Wildman–Crippen LogP) is 5.16. The van der Waals surface area contributed by atoms with Crippen LogP contribution in [0.4, 0.5) is 26.3 Å². The van der Waals surface area contributed by atoms with E-state index < -0.39 is 23.3 Å². The number of thiazole rings is 1. The van der Waals surface area contributed by atoms with Gasteiger partial charge >= 0.3 is 12.4 Å². The van der Waals surface area contributed by atoms with Gasteiger partial charge in [-0.3, -0.25) is 0 Å². The van der Waals surface area contributed by atoms with Crippen LogP contribution in [0, 0.1) is 0 Å². The Labute approximate surface area is 111 Å². The van der Waals surface area contributed by atoms with E-state index >= 15 is 0 Å². The largest absolute Gasteiger partial charge is 0.406 e. The topological polar surface area (TPSA) is 12.9 Å². The molecule has 0 saturated heterocycles. The quantitative estimate of drug-likeness (QED) is 0.662. The second kappa shape index (κ2) is 4.52. The van der Waals surface area contributed by atoms with Gasteiger partial charge in [-0.05, 0) is 18.2 Å². The predicted molar refractivity (Wildman–Crippen MR) is 59.5 cm³/mol. The Kier molecular flexibility index (Phi) is 3.42. The third kappa shape index (κ3) is 2.94. The van der Waals surface area contributed by atoms with Crippen molar-refractivity contribution in [1.82, 2.24) is 4.98 Å². The maximum absolute atomic E-state index is 12.5. The van der Waals surface area contributed by atoms with E-state index in [1.807, 2.05) is 0 Å². The number of aromatic nitrogens is 1. The van der Waals surface area contributed by atoms with Gasteiger partial charge in [0.2, 0.25) is 5.92 Å². The Morgan fingerprint density at radius 1 is 1.05 bits per heavy atom. The number of hydrogen-bond donors (Lipinski definition) is 0. The van der Waals surface area contributed by atoms with Gasteiger partial charge in [-0.2, -0.15) is 26.3 Å². The summed E-state index contributed by atoms with van der Waals surface area (Å²) in [5.41, 5.74) is 0.0194. The highest BCUT2D eigenvalue weighted by Gasteiger charge is 2.59. The normalized spacial score (nSPS) is 13.5. The Morgan fingerprint density at radius 3 is 2.16 bits per heavy atom. The molecule has 0 bridgehead atoms. The van der Waals surface area contributed by atoms with Gasteiger partial charge in [0.05, 0.1) is 10.2 Å². The molecular weight excluding hydrogens is 316 g/mol. The van der Waals surface area contributed by atoms with Crippen molar-refractivity contribution in [2.45, 2.75) is 18.3 Å². The molecule has 0 spiro atoms. The number of rotatable bonds is 1. The van der Waals surface area contributed by atoms with Crippen LogP contribution in [-0.2, 0) is 0 Å². The summed E-state index contributed by atoms with van der Waals surface area (Å²) in [7, 11) is 0. The van der Waals surface area contributed by atoms with Crippen molar-refractivity contribution in [3.8, 4) is 0 Å². The molecule has 0 saturated carbocycles. The lowest BCUT2D eigenvalue weighted by Crippen LogP contribution is -2.33. The van der Waals surface area contributed by atoms with E-state index in [4.69, 9.17) is 11.6 Å². The lowest BCUT2D eigenvalue weighted by Gasteiger charge is -2.20. The molecule has 1 aromatic heterocycles. The number of hydrogen-bond acceptors (Lipinski definition) is 2. The molecule has 1 aromatic carbocycles. The molecule has 19 heavy (non-hydrogen) atoms. The lowest BCUT2D eigenvalue weighted by atomic mass is 10.1. The average molecular weight is 320 g/mol. The second-order valence-corrected chi connectivity index (χ2v) is 5.18. The van der Waals surface area contributed by atoms with Crippen molar-refractivity contribution in [3.05, 3.63) is 28.2 Å². The Morgan fingerprint density at radius 2 is 1.63 bits per heavy atom. The summed E-state index contributed by atoms with van der Waals surface area (Å²) in [6.07, 6.45) is -10.9. The van der Waals surface area contributed by atoms with E-state index in [1.165, 1.54) is 18.2 Å². The SMILES string of the molecule is FC(F)(F)C(c1nc2cc(Cl)ccc2s1)C(F)(F)F. The van der Waals surface area contributed by atoms with Gasteiger partial charge in [0.1, 0.15) is 5.01 Å². The van der Waals surface area contributed by atoms with Crippen molar-refractivity contribution in [2.75, 3.05) is 0 Å². The number of nitrogens with zero attached hydrogens (tertiary/aromatic N) is 1. The first-order valence-corrected chi connectivity index (χ1v) is 5.98. The minimum absolute atomic E-state index is 0.0194. The van der Waals surface area contributed by atoms with Crippen LogP contribution in [0.2, 0.25) is 5.02 Å². The van der Waals surface area contributed by atoms with E-state index in [9.17, 15) is 26.3 Å². The van der Waals surface area contributed by atoms with Crippen molar-refractivity contribution in [3.63, 3.8) is 0 Å². The van der Waals surface area contributed by atoms with Crippen molar-refractivity contribution >= 4 is 33.2 Å². The van der Waals surface area contributed by atoms with E-state index in [2.05, 4.69) is 4.98 Å². The monoisotopic (exact) mass is 319 g/mol. The maximum atomic E-state index is 12.5. The summed E-state index contributed by atoms with van der Waals surface area (Å²) < 4.78 is 75.4. The fourth-order valence-electron chi connectivity index (χ4n) is 1.51. The third-order valence-electron chi connectivity index (χ3n) is 2.27. The summed E-state index contributed by atoms with van der Waals surface area (Å²) in [6.45, 7) is 0. The highest BCUT2D eigenvalue weighted by molar-refractivity contribution is 7.18. The molecule has 0 N–H and O–H groups in total. The van der Waals surface area contributed by atoms with Crippen molar-refractivity contribution in [1.29, 1.82) is 0 Å². The van der Waals surface area contributed by atoms with Gasteiger partial charge in [-0.15, -0.1) is 11.3 Å². The first-order chi connectivity index (χ1) is 8.59. The van der Waals surface area contributed by atoms with Crippen LogP contribution in [0.25, 0.3) is 10.2 Å². The van der Waals surface area contributed by atoms with Crippen LogP contribution in [0.1, 0.15) is 10.9 Å². The Hall–Kier alpha value is -1.02. The molecule has 0 atom stereocenters. The summed E-state index contributed by atoms with van der Waals surface area (Å²) in [5, 5.41) is -0.836. The van der Waals surface area contributed by atoms with Crippen LogP contribution in [0.5, 0.6) is 0 Å². The van der Waals surface area contributed by atoms with Crippen molar-refractivity contribution in [2.24, 2.45) is 0 Å². The average Bonchev–Trinajstić information content (AvgIpc) is 2.54. The molecule has 104 valence electrons. The number of benzene rings is 1. The first kappa shape index (κ1) is 14.4. The first-order valence-electron chi connectivity index (χ1n) is 4.78. The lowest BCUT2D eigenvalue weighted by molar-refractivity contribution is -0.253. The van der Waals surface area contributed by atoms with E-state index in [0.29, 0.717) is 11.3 Å². The fourth-order valence-corrected chi connectivity index (χ4v) is 2.77. The van der Waals surface area contributed by atoms with Gasteiger partial charge < -0.3 is 0 Å². The minimum atomic E-state index is -5.43. The Bertz CT molecular complexity index is 588. The van der Waals surface area contributed by atoms with Gasteiger partial charge in [0.25, 0.3) is 0 Å². The van der Waals surface area contributed by atoms with E-state index in [1.54, 1.807) is 0 Å². The molecule has 0 fully saturated rings. The highest BCUT2D eigenvalue weighted by Crippen LogP contribution is 2.48. The van der Waals surface area contributed by atoms with Crippen LogP contribution in [0.15, 0.2) is 18.2 Å². The minimum Gasteiger partial charge on any atom is -0.240 e. The van der Waals surface area contributed by atoms with E-state index in [0.717, 1.165) is 0 Å². The van der Waals surface area contributed by atoms with Crippen molar-refractivity contribution < 1.29 is 26.3 Å². The second-order valence-electron chi connectivity index (χ2n) is 3.68. The molecule has 1 nitrogen and oxygen atoms in total. The molecule has 1 heterocycles. The van der Waals surface area contributed by atoms with Gasteiger partial charge in [0.15, 0.2) is 0 Å². The third-order valence-corrected chi connectivity index (χ3v) is 3.60. The van der Waals surface area contributed by atoms with Gasteiger partial charge in [0, 0.05) is 5.02 Å². The molecule has 2 rings (SSSR count). The molecular formula is C10H4ClF6NS. The van der Waals surface area contributed by atoms with Crippen LogP contribution in [-0.4, -0.2) is 17.3 Å². The maximum Gasteiger partial charge on any atom is 0.406 e. The molecule has 2 aromatic rings. The molecule has 0 aliphatic rings. The zero-order chi connectivity index (χ0) is 14.4. The number of halogens is 7. The smallest absolute Gasteiger partial charge is 0.240 e. The molecule has 0 aliphatic carbocycles. The summed E-state index contributed by atoms with van der Waals surface area (Å²) in [4.78, 5) is 3.40. The highest BCUT2D eigenvalue weighted by atomic mass is 35.5. The van der Waals surface area contributed by atoms with Gasteiger partial charge in [-0.1, -0.05) is 11.6 Å². The van der Waals surface area contributed by atoms with E-state index in [-0.39, 0.29) is 15.2 Å². The fraction of sp³-hybridized carbons (Fsp3) is 0.300. The standard InChI is InChI=1S/C10H4ClF6NS/c11-4-1-2-6-5(3-4)18-8(19-6)7(9(12,13)14)10(15,16)17/h1-3,7H. The summed E-state index contributed by atoms with van der Waals surface area (Å²) >= 11 is 5.97. The Balaban J connectivity index is 2.57. The van der Waals surface area contributed by atoms with Crippen LogP contribution in [0.3, 0.4) is 0 Å².